The summed E-state index contributed by atoms with van der Waals surface area (Å²) in [6.45, 7) is 15.5. The lowest BCUT2D eigenvalue weighted by Crippen LogP contribution is -2.49. The van der Waals surface area contributed by atoms with Crippen molar-refractivity contribution in [1.29, 1.82) is 0 Å². The van der Waals surface area contributed by atoms with E-state index >= 15 is 0 Å². The van der Waals surface area contributed by atoms with E-state index < -0.39 is 0 Å². The molecule has 5 nitrogen and oxygen atoms in total. The summed E-state index contributed by atoms with van der Waals surface area (Å²) in [5.41, 5.74) is 3.38. The molecule has 5 heteroatoms. The zero-order chi connectivity index (χ0) is 21.4. The third-order valence-corrected chi connectivity index (χ3v) is 5.63. The van der Waals surface area contributed by atoms with Gasteiger partial charge in [-0.1, -0.05) is 58.9 Å². The number of nitrogens with zero attached hydrogens (tertiary/aromatic N) is 2. The number of carbonyl (C=O) groups excluding carboxylic acids is 2. The number of nitrogens with one attached hydrogen (secondary N) is 1. The van der Waals surface area contributed by atoms with Gasteiger partial charge in [-0.3, -0.25) is 9.59 Å². The average molecular weight is 400 g/mol. The van der Waals surface area contributed by atoms with E-state index in [2.05, 4.69) is 69.1 Å². The van der Waals surface area contributed by atoms with Crippen LogP contribution in [0.2, 0.25) is 0 Å². The van der Waals surface area contributed by atoms with Gasteiger partial charge >= 0.3 is 0 Å². The summed E-state index contributed by atoms with van der Waals surface area (Å²) in [7, 11) is 0. The van der Waals surface area contributed by atoms with Gasteiger partial charge in [-0.2, -0.15) is 0 Å². The van der Waals surface area contributed by atoms with Crippen molar-refractivity contribution in [1.82, 2.24) is 15.1 Å². The highest BCUT2D eigenvalue weighted by Crippen LogP contribution is 2.25. The zero-order valence-corrected chi connectivity index (χ0v) is 18.7. The zero-order valence-electron chi connectivity index (χ0n) is 18.7. The Balaban J connectivity index is 1.87. The van der Waals surface area contributed by atoms with Crippen molar-refractivity contribution < 1.29 is 9.59 Å². The Morgan fingerprint density at radius 1 is 1.03 bits per heavy atom. The predicted octanol–water partition coefficient (Wildman–Crippen LogP) is 3.52. The maximum atomic E-state index is 12.4. The van der Waals surface area contributed by atoms with E-state index in [0.717, 1.165) is 43.9 Å². The largest absolute Gasteiger partial charge is 0.352 e. The van der Waals surface area contributed by atoms with E-state index in [1.807, 2.05) is 4.90 Å². The summed E-state index contributed by atoms with van der Waals surface area (Å²) >= 11 is 0. The maximum absolute atomic E-state index is 12.4. The number of piperazine rings is 1. The van der Waals surface area contributed by atoms with Crippen LogP contribution in [0.25, 0.3) is 5.57 Å². The van der Waals surface area contributed by atoms with Crippen molar-refractivity contribution in [2.24, 2.45) is 5.92 Å². The predicted molar refractivity (Wildman–Crippen MR) is 120 cm³/mol. The molecule has 1 aromatic rings. The molecule has 160 valence electrons. The topological polar surface area (TPSA) is 52.6 Å². The van der Waals surface area contributed by atoms with Crippen LogP contribution in [0, 0.1) is 5.92 Å². The van der Waals surface area contributed by atoms with E-state index in [1.54, 1.807) is 6.08 Å². The van der Waals surface area contributed by atoms with Crippen LogP contribution in [-0.4, -0.2) is 60.9 Å². The van der Waals surface area contributed by atoms with Gasteiger partial charge in [-0.25, -0.2) is 0 Å². The lowest BCUT2D eigenvalue weighted by atomic mass is 9.92. The summed E-state index contributed by atoms with van der Waals surface area (Å²) < 4.78 is 0. The van der Waals surface area contributed by atoms with Gasteiger partial charge in [-0.05, 0) is 35.1 Å². The fourth-order valence-corrected chi connectivity index (χ4v) is 3.60. The van der Waals surface area contributed by atoms with Crippen LogP contribution in [0.5, 0.6) is 0 Å². The Bertz CT molecular complexity index is 699. The minimum Gasteiger partial charge on any atom is -0.352 e. The molecule has 2 rings (SSSR count). The molecule has 29 heavy (non-hydrogen) atoms. The second kappa shape index (κ2) is 11.1. The number of allylic oxidation sites excluding steroid dienone is 1. The second-order valence-electron chi connectivity index (χ2n) is 8.39. The van der Waals surface area contributed by atoms with Crippen LogP contribution in [0.1, 0.15) is 58.1 Å². The van der Waals surface area contributed by atoms with Crippen molar-refractivity contribution >= 4 is 17.4 Å². The first kappa shape index (κ1) is 23.1. The number of benzene rings is 1. The molecule has 2 amide bonds. The highest BCUT2D eigenvalue weighted by Gasteiger charge is 2.19. The molecule has 0 aromatic heterocycles. The molecule has 0 radical (unpaired) electrons. The number of likely N-dealkylation sites (N-methyl/N-ethyl adjacent to an activating group) is 1. The summed E-state index contributed by atoms with van der Waals surface area (Å²) in [4.78, 5) is 29.0. The van der Waals surface area contributed by atoms with Gasteiger partial charge in [0.2, 0.25) is 11.8 Å². The van der Waals surface area contributed by atoms with E-state index in [-0.39, 0.29) is 17.7 Å². The van der Waals surface area contributed by atoms with Crippen LogP contribution >= 0.6 is 0 Å². The lowest BCUT2D eigenvalue weighted by Gasteiger charge is -2.34. The minimum atomic E-state index is -0.134. The van der Waals surface area contributed by atoms with Crippen molar-refractivity contribution in [3.63, 3.8) is 0 Å². The average Bonchev–Trinajstić information content (AvgIpc) is 2.71. The molecule has 0 bridgehead atoms. The molecule has 1 N–H and O–H groups in total. The molecular weight excluding hydrogens is 362 g/mol. The SMILES string of the molecule is CCN1CCN(C(=O)CCNC(=O)/C=C(/c2ccc(C(C)C)cc2)C(C)C)CC1. The minimum absolute atomic E-state index is 0.124. The van der Waals surface area contributed by atoms with Crippen molar-refractivity contribution in [3.05, 3.63) is 41.5 Å². The van der Waals surface area contributed by atoms with Crippen LogP contribution in [-0.2, 0) is 9.59 Å². The van der Waals surface area contributed by atoms with Crippen molar-refractivity contribution in [2.75, 3.05) is 39.3 Å². The van der Waals surface area contributed by atoms with Gasteiger partial charge < -0.3 is 15.1 Å². The number of amides is 2. The normalized spacial score (nSPS) is 15.8. The molecule has 1 aliphatic heterocycles. The number of hydrogen-bond acceptors (Lipinski definition) is 3. The van der Waals surface area contributed by atoms with Gasteiger partial charge in [-0.15, -0.1) is 0 Å². The molecule has 1 aliphatic rings. The Morgan fingerprint density at radius 2 is 1.66 bits per heavy atom. The molecule has 0 saturated carbocycles. The molecule has 1 saturated heterocycles. The summed E-state index contributed by atoms with van der Waals surface area (Å²) in [6.07, 6.45) is 2.03. The number of carbonyl (C=O) groups is 2. The quantitative estimate of drug-likeness (QED) is 0.681. The van der Waals surface area contributed by atoms with E-state index in [0.29, 0.717) is 18.9 Å². The van der Waals surface area contributed by atoms with Crippen molar-refractivity contribution in [3.8, 4) is 0 Å². The smallest absolute Gasteiger partial charge is 0.244 e. The molecule has 0 spiro atoms. The summed E-state index contributed by atoms with van der Waals surface area (Å²) in [5.74, 6) is 0.715. The van der Waals surface area contributed by atoms with Gasteiger partial charge in [0.05, 0.1) is 0 Å². The summed E-state index contributed by atoms with van der Waals surface area (Å²) in [6, 6.07) is 8.44. The van der Waals surface area contributed by atoms with Crippen LogP contribution in [0.3, 0.4) is 0 Å². The molecule has 0 aliphatic carbocycles. The fraction of sp³-hybridized carbons (Fsp3) is 0.583. The highest BCUT2D eigenvalue weighted by atomic mass is 16.2. The van der Waals surface area contributed by atoms with Gasteiger partial charge in [0.25, 0.3) is 0 Å². The summed E-state index contributed by atoms with van der Waals surface area (Å²) in [5, 5.41) is 2.88. The third kappa shape index (κ3) is 7.00. The molecule has 1 aromatic carbocycles. The molecule has 1 fully saturated rings. The highest BCUT2D eigenvalue weighted by molar-refractivity contribution is 5.95. The van der Waals surface area contributed by atoms with Gasteiger partial charge in [0.15, 0.2) is 0 Å². The van der Waals surface area contributed by atoms with E-state index in [9.17, 15) is 9.59 Å². The van der Waals surface area contributed by atoms with Crippen molar-refractivity contribution in [2.45, 2.75) is 47.0 Å². The third-order valence-electron chi connectivity index (χ3n) is 5.63. The first-order chi connectivity index (χ1) is 13.8. The molecule has 1 heterocycles. The van der Waals surface area contributed by atoms with Crippen LogP contribution in [0.4, 0.5) is 0 Å². The Labute approximate surface area is 176 Å². The number of hydrogen-bond donors (Lipinski definition) is 1. The molecule has 0 unspecified atom stereocenters. The van der Waals surface area contributed by atoms with Gasteiger partial charge in [0.1, 0.15) is 0 Å². The standard InChI is InChI=1S/C24H37N3O2/c1-6-26-13-15-27(16-14-26)24(29)11-12-25-23(28)17-22(19(4)5)21-9-7-20(8-10-21)18(2)3/h7-10,17-19H,6,11-16H2,1-5H3,(H,25,28)/b22-17+. The second-order valence-corrected chi connectivity index (χ2v) is 8.39. The Morgan fingerprint density at radius 3 is 2.17 bits per heavy atom. The first-order valence-corrected chi connectivity index (χ1v) is 10.9. The van der Waals surface area contributed by atoms with E-state index in [1.165, 1.54) is 5.56 Å². The first-order valence-electron chi connectivity index (χ1n) is 10.9. The van der Waals surface area contributed by atoms with Crippen LogP contribution < -0.4 is 5.32 Å². The number of rotatable bonds is 8. The lowest BCUT2D eigenvalue weighted by molar-refractivity contribution is -0.132. The maximum Gasteiger partial charge on any atom is 0.244 e. The van der Waals surface area contributed by atoms with Gasteiger partial charge in [0, 0.05) is 45.2 Å². The molecule has 0 atom stereocenters. The monoisotopic (exact) mass is 399 g/mol. The van der Waals surface area contributed by atoms with E-state index in [4.69, 9.17) is 0 Å². The molecular formula is C24H37N3O2. The Hall–Kier alpha value is -2.14. The fourth-order valence-electron chi connectivity index (χ4n) is 3.60. The Kier molecular flexibility index (Phi) is 8.90. The van der Waals surface area contributed by atoms with Crippen LogP contribution in [0.15, 0.2) is 30.3 Å².